The average Bonchev–Trinajstić information content (AvgIpc) is 3.42. The highest BCUT2D eigenvalue weighted by atomic mass is 32.1. The maximum Gasteiger partial charge on any atom is 0.273 e. The van der Waals surface area contributed by atoms with E-state index in [1.165, 1.54) is 15.9 Å². The van der Waals surface area contributed by atoms with Crippen LogP contribution in [0, 0.1) is 0 Å². The minimum Gasteiger partial charge on any atom is -0.342 e. The molecule has 0 atom stereocenters. The van der Waals surface area contributed by atoms with Crippen LogP contribution in [0.15, 0.2) is 41.4 Å². The number of likely N-dealkylation sites (tertiary alicyclic amines) is 1. The first-order valence-corrected chi connectivity index (χ1v) is 11.5. The Kier molecular flexibility index (Phi) is 5.64. The highest BCUT2D eigenvalue weighted by Gasteiger charge is 2.37. The molecule has 0 unspecified atom stereocenters. The predicted molar refractivity (Wildman–Crippen MR) is 117 cm³/mol. The number of halogens is 2. The Morgan fingerprint density at radius 1 is 1.06 bits per heavy atom. The fraction of sp³-hybridized carbons (Fsp3) is 0.409. The Morgan fingerprint density at radius 3 is 2.53 bits per heavy atom. The SMILES string of the molecule is O=C(c1ccc2c(ccn2CC(F)F)c1)N1CC(N2CCN(C(=O)c3cscn3)CC2)C1. The van der Waals surface area contributed by atoms with E-state index in [4.69, 9.17) is 0 Å². The van der Waals surface area contributed by atoms with E-state index in [2.05, 4.69) is 9.88 Å². The molecule has 1 aromatic carbocycles. The lowest BCUT2D eigenvalue weighted by atomic mass is 10.0. The number of piperazine rings is 1. The highest BCUT2D eigenvalue weighted by Crippen LogP contribution is 2.23. The number of hydrogen-bond acceptors (Lipinski definition) is 5. The van der Waals surface area contributed by atoms with Crippen molar-refractivity contribution in [1.82, 2.24) is 24.3 Å². The van der Waals surface area contributed by atoms with Gasteiger partial charge in [-0.3, -0.25) is 14.5 Å². The Hall–Kier alpha value is -2.85. The molecule has 0 bridgehead atoms. The molecular weight excluding hydrogens is 436 g/mol. The van der Waals surface area contributed by atoms with Gasteiger partial charge < -0.3 is 14.4 Å². The van der Waals surface area contributed by atoms with Crippen molar-refractivity contribution in [3.8, 4) is 0 Å². The Labute approximate surface area is 187 Å². The first-order chi connectivity index (χ1) is 15.5. The zero-order valence-electron chi connectivity index (χ0n) is 17.4. The number of hydrogen-bond donors (Lipinski definition) is 0. The quantitative estimate of drug-likeness (QED) is 0.589. The summed E-state index contributed by atoms with van der Waals surface area (Å²) in [5.41, 5.74) is 3.45. The number of amides is 2. The predicted octanol–water partition coefficient (Wildman–Crippen LogP) is 2.65. The largest absolute Gasteiger partial charge is 0.342 e. The Bertz CT molecular complexity index is 1120. The van der Waals surface area contributed by atoms with E-state index in [1.54, 1.807) is 41.4 Å². The number of carbonyl (C=O) groups excluding carboxylic acids is 2. The van der Waals surface area contributed by atoms with E-state index < -0.39 is 6.43 Å². The van der Waals surface area contributed by atoms with Gasteiger partial charge in [-0.25, -0.2) is 13.8 Å². The van der Waals surface area contributed by atoms with Crippen molar-refractivity contribution in [2.45, 2.75) is 19.0 Å². The van der Waals surface area contributed by atoms with Crippen molar-refractivity contribution in [2.24, 2.45) is 0 Å². The van der Waals surface area contributed by atoms with Crippen LogP contribution in [0.1, 0.15) is 20.8 Å². The highest BCUT2D eigenvalue weighted by molar-refractivity contribution is 7.07. The fourth-order valence-electron chi connectivity index (χ4n) is 4.45. The fourth-order valence-corrected chi connectivity index (χ4v) is 4.97. The van der Waals surface area contributed by atoms with Crippen molar-refractivity contribution in [2.75, 3.05) is 39.3 Å². The van der Waals surface area contributed by atoms with Crippen LogP contribution in [-0.2, 0) is 6.54 Å². The van der Waals surface area contributed by atoms with Crippen LogP contribution in [0.5, 0.6) is 0 Å². The van der Waals surface area contributed by atoms with Crippen molar-refractivity contribution >= 4 is 34.1 Å². The molecule has 2 aliphatic rings. The third-order valence-electron chi connectivity index (χ3n) is 6.27. The summed E-state index contributed by atoms with van der Waals surface area (Å²) in [6, 6.07) is 7.28. The lowest BCUT2D eigenvalue weighted by molar-refractivity contribution is 0.00844. The van der Waals surface area contributed by atoms with E-state index in [-0.39, 0.29) is 18.4 Å². The standard InChI is InChI=1S/C22H23F2N5O2S/c23-20(24)12-28-4-3-15-9-16(1-2-19(15)28)21(30)29-10-17(11-29)26-5-7-27(8-6-26)22(31)18-13-32-14-25-18/h1-4,9,13-14,17,20H,5-8,10-12H2. The molecule has 2 aliphatic heterocycles. The summed E-state index contributed by atoms with van der Waals surface area (Å²) in [5.74, 6) is -0.0591. The number of alkyl halides is 2. The number of benzene rings is 1. The zero-order chi connectivity index (χ0) is 22.2. The zero-order valence-corrected chi connectivity index (χ0v) is 18.2. The summed E-state index contributed by atoms with van der Waals surface area (Å²) in [6.07, 6.45) is -0.791. The average molecular weight is 460 g/mol. The molecule has 10 heteroatoms. The maximum absolute atomic E-state index is 12.9. The third-order valence-corrected chi connectivity index (χ3v) is 6.86. The molecule has 0 aliphatic carbocycles. The summed E-state index contributed by atoms with van der Waals surface area (Å²) in [7, 11) is 0. The molecule has 0 saturated carbocycles. The number of aromatic nitrogens is 2. The molecule has 168 valence electrons. The topological polar surface area (TPSA) is 61.7 Å². The molecule has 32 heavy (non-hydrogen) atoms. The molecule has 0 spiro atoms. The normalized spacial score (nSPS) is 17.8. The minimum atomic E-state index is -2.42. The lowest BCUT2D eigenvalue weighted by Crippen LogP contribution is -2.64. The van der Waals surface area contributed by atoms with Gasteiger partial charge in [-0.1, -0.05) is 0 Å². The van der Waals surface area contributed by atoms with Gasteiger partial charge in [0, 0.05) is 73.4 Å². The van der Waals surface area contributed by atoms with Gasteiger partial charge in [0.15, 0.2) is 0 Å². The molecule has 4 heterocycles. The number of nitrogens with zero attached hydrogens (tertiary/aromatic N) is 5. The molecule has 2 saturated heterocycles. The summed E-state index contributed by atoms with van der Waals surface area (Å²) in [5, 5.41) is 2.56. The van der Waals surface area contributed by atoms with Gasteiger partial charge in [-0.2, -0.15) is 0 Å². The number of thiazole rings is 1. The van der Waals surface area contributed by atoms with Crippen LogP contribution in [0.4, 0.5) is 8.78 Å². The lowest BCUT2D eigenvalue weighted by Gasteiger charge is -2.48. The second-order valence-corrected chi connectivity index (χ2v) is 8.92. The maximum atomic E-state index is 12.9. The minimum absolute atomic E-state index is 0.0194. The van der Waals surface area contributed by atoms with Crippen LogP contribution in [0.2, 0.25) is 0 Å². The van der Waals surface area contributed by atoms with Gasteiger partial charge in [0.25, 0.3) is 18.2 Å². The molecule has 2 aromatic heterocycles. The monoisotopic (exact) mass is 459 g/mol. The van der Waals surface area contributed by atoms with Gasteiger partial charge in [0.2, 0.25) is 0 Å². The summed E-state index contributed by atoms with van der Waals surface area (Å²) in [4.78, 5) is 35.4. The van der Waals surface area contributed by atoms with E-state index in [0.717, 1.165) is 18.5 Å². The molecule has 3 aromatic rings. The molecule has 7 nitrogen and oxygen atoms in total. The number of rotatable bonds is 5. The van der Waals surface area contributed by atoms with Gasteiger partial charge in [-0.05, 0) is 24.3 Å². The summed E-state index contributed by atoms with van der Waals surface area (Å²) >= 11 is 1.42. The summed E-state index contributed by atoms with van der Waals surface area (Å²) < 4.78 is 26.9. The first-order valence-electron chi connectivity index (χ1n) is 10.6. The van der Waals surface area contributed by atoms with E-state index in [1.807, 2.05) is 9.80 Å². The van der Waals surface area contributed by atoms with Crippen LogP contribution >= 0.6 is 11.3 Å². The first kappa shape index (κ1) is 21.0. The van der Waals surface area contributed by atoms with Gasteiger partial charge in [0.1, 0.15) is 5.69 Å². The molecular formula is C22H23F2N5O2S. The third kappa shape index (κ3) is 4.00. The van der Waals surface area contributed by atoms with Crippen molar-refractivity contribution in [1.29, 1.82) is 0 Å². The molecule has 5 rings (SSSR count). The van der Waals surface area contributed by atoms with Gasteiger partial charge in [0.05, 0.1) is 12.1 Å². The van der Waals surface area contributed by atoms with Gasteiger partial charge >= 0.3 is 0 Å². The molecule has 2 fully saturated rings. The molecule has 2 amide bonds. The molecule has 0 radical (unpaired) electrons. The van der Waals surface area contributed by atoms with Crippen LogP contribution in [0.3, 0.4) is 0 Å². The van der Waals surface area contributed by atoms with Crippen LogP contribution in [-0.4, -0.2) is 87.8 Å². The van der Waals surface area contributed by atoms with Crippen molar-refractivity contribution < 1.29 is 18.4 Å². The van der Waals surface area contributed by atoms with Crippen molar-refractivity contribution in [3.05, 3.63) is 52.6 Å². The van der Waals surface area contributed by atoms with E-state index in [0.29, 0.717) is 49.0 Å². The van der Waals surface area contributed by atoms with Gasteiger partial charge in [-0.15, -0.1) is 11.3 Å². The van der Waals surface area contributed by atoms with Crippen LogP contribution < -0.4 is 0 Å². The Balaban J connectivity index is 1.15. The molecule has 0 N–H and O–H groups in total. The number of carbonyl (C=O) groups is 2. The Morgan fingerprint density at radius 2 is 1.84 bits per heavy atom. The van der Waals surface area contributed by atoms with E-state index in [9.17, 15) is 18.4 Å². The number of fused-ring (bicyclic) bond motifs is 1. The van der Waals surface area contributed by atoms with Crippen molar-refractivity contribution in [3.63, 3.8) is 0 Å². The van der Waals surface area contributed by atoms with Crippen LogP contribution in [0.25, 0.3) is 10.9 Å². The second kappa shape index (κ2) is 8.59. The second-order valence-electron chi connectivity index (χ2n) is 8.20. The summed E-state index contributed by atoms with van der Waals surface area (Å²) in [6.45, 7) is 3.85. The van der Waals surface area contributed by atoms with E-state index >= 15 is 0 Å². The smallest absolute Gasteiger partial charge is 0.273 e.